The number of nitro groups is 1. The summed E-state index contributed by atoms with van der Waals surface area (Å²) in [5.74, 6) is 0. The molecule has 1 fully saturated rings. The number of hydrogen-bond donors (Lipinski definition) is 0. The molecule has 0 saturated carbocycles. The number of imide groups is 1. The van der Waals surface area contributed by atoms with E-state index in [9.17, 15) is 19.7 Å². The van der Waals surface area contributed by atoms with Crippen LogP contribution >= 0.6 is 0 Å². The molecule has 0 aromatic heterocycles. The van der Waals surface area contributed by atoms with Crippen LogP contribution in [0.1, 0.15) is 0 Å². The van der Waals surface area contributed by atoms with Crippen molar-refractivity contribution < 1.29 is 19.2 Å². The van der Waals surface area contributed by atoms with Crippen molar-refractivity contribution in [2.45, 2.75) is 0 Å². The number of piperazine rings is 1. The second kappa shape index (κ2) is 7.05. The average Bonchev–Trinajstić information content (AvgIpc) is 2.55. The summed E-state index contributed by atoms with van der Waals surface area (Å²) < 4.78 is 4.66. The van der Waals surface area contributed by atoms with Crippen molar-refractivity contribution in [2.24, 2.45) is 0 Å². The molecular formula is C14H18N4O5. The summed E-state index contributed by atoms with van der Waals surface area (Å²) in [6, 6.07) is 4.79. The van der Waals surface area contributed by atoms with Crippen LogP contribution in [0.4, 0.5) is 21.0 Å². The Hall–Kier alpha value is -2.68. The van der Waals surface area contributed by atoms with Gasteiger partial charge in [-0.15, -0.1) is 0 Å². The number of benzene rings is 1. The molecule has 124 valence electrons. The average molecular weight is 322 g/mol. The van der Waals surface area contributed by atoms with E-state index in [1.165, 1.54) is 29.2 Å². The van der Waals surface area contributed by atoms with Gasteiger partial charge < -0.3 is 14.5 Å². The van der Waals surface area contributed by atoms with Crippen LogP contribution in [0.2, 0.25) is 0 Å². The molecule has 1 aromatic rings. The van der Waals surface area contributed by atoms with Crippen LogP contribution in [-0.2, 0) is 4.74 Å². The van der Waals surface area contributed by atoms with Gasteiger partial charge in [0.15, 0.2) is 0 Å². The Bertz CT molecular complexity index is 613. The van der Waals surface area contributed by atoms with Crippen molar-refractivity contribution in [2.75, 3.05) is 45.2 Å². The number of urea groups is 1. The van der Waals surface area contributed by atoms with Gasteiger partial charge in [0, 0.05) is 38.3 Å². The summed E-state index contributed by atoms with van der Waals surface area (Å²) in [5, 5.41) is 10.9. The molecule has 2 rings (SSSR count). The molecule has 23 heavy (non-hydrogen) atoms. The highest BCUT2D eigenvalue weighted by atomic mass is 16.6. The zero-order chi connectivity index (χ0) is 17.0. The third-order valence-corrected chi connectivity index (χ3v) is 3.62. The maximum Gasteiger partial charge on any atom is 0.422 e. The van der Waals surface area contributed by atoms with E-state index < -0.39 is 17.0 Å². The first-order chi connectivity index (χ1) is 10.9. The lowest BCUT2D eigenvalue weighted by Crippen LogP contribution is -2.53. The number of anilines is 1. The molecule has 0 spiro atoms. The highest BCUT2D eigenvalue weighted by molar-refractivity contribution is 6.11. The molecule has 1 aliphatic rings. The van der Waals surface area contributed by atoms with E-state index in [2.05, 4.69) is 9.64 Å². The van der Waals surface area contributed by atoms with Crippen LogP contribution in [0.25, 0.3) is 0 Å². The zero-order valence-corrected chi connectivity index (χ0v) is 13.0. The number of likely N-dealkylation sites (N-methyl/N-ethyl adjacent to an activating group) is 1. The third-order valence-electron chi connectivity index (χ3n) is 3.62. The van der Waals surface area contributed by atoms with Gasteiger partial charge in [-0.3, -0.25) is 10.1 Å². The number of ether oxygens (including phenoxy) is 1. The van der Waals surface area contributed by atoms with E-state index >= 15 is 0 Å². The lowest BCUT2D eigenvalue weighted by molar-refractivity contribution is -0.384. The molecule has 0 N–H and O–H groups in total. The Morgan fingerprint density at radius 1 is 1.26 bits per heavy atom. The Morgan fingerprint density at radius 3 is 2.48 bits per heavy atom. The molecule has 1 aromatic carbocycles. The van der Waals surface area contributed by atoms with Gasteiger partial charge in [0.25, 0.3) is 5.69 Å². The van der Waals surface area contributed by atoms with E-state index in [4.69, 9.17) is 0 Å². The first-order valence-electron chi connectivity index (χ1n) is 7.04. The first-order valence-corrected chi connectivity index (χ1v) is 7.04. The number of carbonyl (C=O) groups excluding carboxylic acids is 2. The van der Waals surface area contributed by atoms with E-state index in [1.807, 2.05) is 7.05 Å². The fourth-order valence-electron chi connectivity index (χ4n) is 2.27. The number of hydrogen-bond acceptors (Lipinski definition) is 6. The van der Waals surface area contributed by atoms with E-state index in [1.54, 1.807) is 0 Å². The van der Waals surface area contributed by atoms with Gasteiger partial charge in [-0.1, -0.05) is 6.07 Å². The fraction of sp³-hybridized carbons (Fsp3) is 0.429. The van der Waals surface area contributed by atoms with Crippen molar-refractivity contribution in [3.63, 3.8) is 0 Å². The second-order valence-corrected chi connectivity index (χ2v) is 5.16. The van der Waals surface area contributed by atoms with Gasteiger partial charge in [0.2, 0.25) is 0 Å². The number of non-ortho nitro benzene ring substituents is 1. The molecule has 1 heterocycles. The number of rotatable bonds is 2. The number of nitrogens with zero attached hydrogens (tertiary/aromatic N) is 4. The lowest BCUT2D eigenvalue weighted by atomic mass is 10.2. The van der Waals surface area contributed by atoms with E-state index in [0.29, 0.717) is 26.2 Å². The minimum absolute atomic E-state index is 0.106. The van der Waals surface area contributed by atoms with Crippen LogP contribution < -0.4 is 4.90 Å². The Labute approximate surface area is 133 Å². The number of methoxy groups -OCH3 is 1. The minimum Gasteiger partial charge on any atom is -0.452 e. The van der Waals surface area contributed by atoms with Gasteiger partial charge in [-0.25, -0.2) is 9.59 Å². The summed E-state index contributed by atoms with van der Waals surface area (Å²) in [6.45, 7) is 2.32. The molecule has 1 aliphatic heterocycles. The maximum atomic E-state index is 12.6. The Morgan fingerprint density at radius 2 is 1.91 bits per heavy atom. The van der Waals surface area contributed by atoms with Crippen molar-refractivity contribution >= 4 is 23.5 Å². The SMILES string of the molecule is COC(=O)N(C(=O)N1CCN(C)CC1)c1cccc([N+](=O)[O-])c1. The van der Waals surface area contributed by atoms with E-state index in [0.717, 1.165) is 12.0 Å². The standard InChI is InChI=1S/C14H18N4O5/c1-15-6-8-16(9-7-15)13(19)17(14(20)23-2)11-4-3-5-12(10-11)18(21)22/h3-5,10H,6-9H2,1-2H3. The molecule has 0 aliphatic carbocycles. The third kappa shape index (κ3) is 3.75. The molecule has 0 radical (unpaired) electrons. The van der Waals surface area contributed by atoms with Crippen molar-refractivity contribution in [1.29, 1.82) is 0 Å². The summed E-state index contributed by atoms with van der Waals surface area (Å²) in [7, 11) is 3.10. The number of amides is 3. The van der Waals surface area contributed by atoms with Crippen LogP contribution in [0.15, 0.2) is 24.3 Å². The normalized spacial score (nSPS) is 15.1. The zero-order valence-electron chi connectivity index (χ0n) is 13.0. The number of carbonyl (C=O) groups is 2. The van der Waals surface area contributed by atoms with Gasteiger partial charge in [0.1, 0.15) is 0 Å². The molecule has 1 saturated heterocycles. The maximum absolute atomic E-state index is 12.6. The molecule has 0 unspecified atom stereocenters. The summed E-state index contributed by atoms with van der Waals surface area (Å²) in [4.78, 5) is 39.4. The van der Waals surface area contributed by atoms with Crippen LogP contribution in [-0.4, -0.2) is 67.2 Å². The molecule has 9 heteroatoms. The molecule has 0 atom stereocenters. The van der Waals surface area contributed by atoms with E-state index in [-0.39, 0.29) is 11.4 Å². The Kier molecular flexibility index (Phi) is 5.12. The van der Waals surface area contributed by atoms with Crippen molar-refractivity contribution in [3.8, 4) is 0 Å². The smallest absolute Gasteiger partial charge is 0.422 e. The van der Waals surface area contributed by atoms with Crippen LogP contribution in [0.3, 0.4) is 0 Å². The summed E-state index contributed by atoms with van der Waals surface area (Å²) in [6.07, 6.45) is -0.880. The summed E-state index contributed by atoms with van der Waals surface area (Å²) >= 11 is 0. The van der Waals surface area contributed by atoms with Gasteiger partial charge in [-0.05, 0) is 13.1 Å². The predicted molar refractivity (Wildman–Crippen MR) is 82.4 cm³/mol. The first kappa shape index (κ1) is 16.7. The minimum atomic E-state index is -0.880. The van der Waals surface area contributed by atoms with Crippen molar-refractivity contribution in [3.05, 3.63) is 34.4 Å². The van der Waals surface area contributed by atoms with Gasteiger partial charge >= 0.3 is 12.1 Å². The fourth-order valence-corrected chi connectivity index (χ4v) is 2.27. The Balaban J connectivity index is 2.30. The highest BCUT2D eigenvalue weighted by Crippen LogP contribution is 2.23. The topological polar surface area (TPSA) is 96.2 Å². The van der Waals surface area contributed by atoms with Crippen LogP contribution in [0.5, 0.6) is 0 Å². The summed E-state index contributed by atoms with van der Waals surface area (Å²) in [5.41, 5.74) is -0.0995. The van der Waals surface area contributed by atoms with Crippen LogP contribution in [0, 0.1) is 10.1 Å². The lowest BCUT2D eigenvalue weighted by Gasteiger charge is -2.34. The highest BCUT2D eigenvalue weighted by Gasteiger charge is 2.31. The monoisotopic (exact) mass is 322 g/mol. The quantitative estimate of drug-likeness (QED) is 0.605. The van der Waals surface area contributed by atoms with Gasteiger partial charge in [-0.2, -0.15) is 4.90 Å². The largest absolute Gasteiger partial charge is 0.452 e. The molecule has 3 amide bonds. The molecule has 9 nitrogen and oxygen atoms in total. The molecule has 0 bridgehead atoms. The second-order valence-electron chi connectivity index (χ2n) is 5.16. The van der Waals surface area contributed by atoms with Gasteiger partial charge in [0.05, 0.1) is 17.7 Å². The molecular weight excluding hydrogens is 304 g/mol. The van der Waals surface area contributed by atoms with Crippen molar-refractivity contribution in [1.82, 2.24) is 9.80 Å². The predicted octanol–water partition coefficient (Wildman–Crippen LogP) is 1.53. The number of nitro benzene ring substituents is 1.